The second-order valence-corrected chi connectivity index (χ2v) is 10.2. The fourth-order valence-corrected chi connectivity index (χ4v) is 5.05. The number of rotatable bonds is 7. The monoisotopic (exact) mass is 545 g/mol. The van der Waals surface area contributed by atoms with Crippen molar-refractivity contribution in [3.8, 4) is 0 Å². The number of carbonyl (C=O) groups is 2. The Morgan fingerprint density at radius 3 is 1.90 bits per heavy atom. The van der Waals surface area contributed by atoms with Crippen molar-refractivity contribution in [2.45, 2.75) is 18.9 Å². The second-order valence-electron chi connectivity index (χ2n) is 10.2. The van der Waals surface area contributed by atoms with Crippen molar-refractivity contribution in [2.75, 3.05) is 33.9 Å². The highest BCUT2D eigenvalue weighted by Crippen LogP contribution is 2.24. The predicted octanol–water partition coefficient (Wildman–Crippen LogP) is 6.38. The summed E-state index contributed by atoms with van der Waals surface area (Å²) in [6, 6.07) is 30.3. The molecule has 8 nitrogen and oxygen atoms in total. The number of nitrogens with zero attached hydrogens (tertiary/aromatic N) is 1. The predicted molar refractivity (Wildman–Crippen MR) is 164 cm³/mol. The van der Waals surface area contributed by atoms with Crippen LogP contribution in [-0.4, -0.2) is 41.1 Å². The first-order chi connectivity index (χ1) is 20.0. The molecular weight excluding hydrogens is 514 g/mol. The number of hydrogen-bond donors (Lipinski definition) is 5. The molecule has 206 valence electrons. The summed E-state index contributed by atoms with van der Waals surface area (Å²) >= 11 is 0. The van der Waals surface area contributed by atoms with Gasteiger partial charge in [0.15, 0.2) is 0 Å². The summed E-state index contributed by atoms with van der Waals surface area (Å²) in [5.41, 5.74) is 6.32. The highest BCUT2D eigenvalue weighted by atomic mass is 16.3. The van der Waals surface area contributed by atoms with Crippen LogP contribution in [0.4, 0.5) is 28.4 Å². The lowest BCUT2D eigenvalue weighted by atomic mass is 10.1. The Balaban J connectivity index is 1.02. The average molecular weight is 546 g/mol. The summed E-state index contributed by atoms with van der Waals surface area (Å²) < 4.78 is 0. The van der Waals surface area contributed by atoms with E-state index in [0.29, 0.717) is 22.5 Å². The first-order valence-electron chi connectivity index (χ1n) is 13.7. The number of H-pyrrole nitrogens is 1. The van der Waals surface area contributed by atoms with Crippen LogP contribution in [0.2, 0.25) is 0 Å². The Morgan fingerprint density at radius 2 is 1.27 bits per heavy atom. The fourth-order valence-electron chi connectivity index (χ4n) is 5.05. The van der Waals surface area contributed by atoms with Crippen molar-refractivity contribution < 1.29 is 14.7 Å². The summed E-state index contributed by atoms with van der Waals surface area (Å²) in [5.74, 6) is -0.337. The Labute approximate surface area is 238 Å². The molecule has 0 atom stereocenters. The Kier molecular flexibility index (Phi) is 7.38. The number of aromatic amines is 1. The van der Waals surface area contributed by atoms with Gasteiger partial charge in [-0.25, -0.2) is 0 Å². The molecule has 1 saturated heterocycles. The zero-order chi connectivity index (χ0) is 28.2. The van der Waals surface area contributed by atoms with Crippen molar-refractivity contribution in [1.82, 2.24) is 4.98 Å². The number of hydrogen-bond acceptors (Lipinski definition) is 5. The van der Waals surface area contributed by atoms with Gasteiger partial charge in [-0.2, -0.15) is 0 Å². The van der Waals surface area contributed by atoms with E-state index < -0.39 is 0 Å². The number of aliphatic hydroxyl groups excluding tert-OH is 1. The third-order valence-corrected chi connectivity index (χ3v) is 7.37. The molecule has 0 radical (unpaired) electrons. The average Bonchev–Trinajstić information content (AvgIpc) is 3.44. The van der Waals surface area contributed by atoms with E-state index in [1.54, 1.807) is 6.20 Å². The molecule has 0 spiro atoms. The number of aromatic nitrogens is 1. The van der Waals surface area contributed by atoms with E-state index in [9.17, 15) is 14.7 Å². The van der Waals surface area contributed by atoms with E-state index in [2.05, 4.69) is 25.8 Å². The Hall–Kier alpha value is -5.08. The van der Waals surface area contributed by atoms with Gasteiger partial charge in [-0.05, 0) is 91.7 Å². The quantitative estimate of drug-likeness (QED) is 0.163. The van der Waals surface area contributed by atoms with Crippen LogP contribution < -0.4 is 20.9 Å². The molecule has 41 heavy (non-hydrogen) atoms. The first kappa shape index (κ1) is 26.2. The maximum atomic E-state index is 12.8. The van der Waals surface area contributed by atoms with Gasteiger partial charge in [0, 0.05) is 64.2 Å². The normalized spacial score (nSPS) is 13.6. The number of para-hydroxylation sites is 1. The van der Waals surface area contributed by atoms with E-state index in [0.717, 1.165) is 53.9 Å². The highest BCUT2D eigenvalue weighted by Gasteiger charge is 2.17. The van der Waals surface area contributed by atoms with E-state index in [1.807, 2.05) is 97.1 Å². The molecule has 4 aromatic carbocycles. The van der Waals surface area contributed by atoms with Crippen molar-refractivity contribution in [3.63, 3.8) is 0 Å². The van der Waals surface area contributed by atoms with Crippen LogP contribution in [0.1, 0.15) is 33.6 Å². The first-order valence-corrected chi connectivity index (χ1v) is 13.7. The van der Waals surface area contributed by atoms with Gasteiger partial charge in [0.1, 0.15) is 0 Å². The van der Waals surface area contributed by atoms with Crippen LogP contribution in [0.15, 0.2) is 103 Å². The molecule has 0 saturated carbocycles. The minimum Gasteiger partial charge on any atom is -0.393 e. The molecule has 1 fully saturated rings. The van der Waals surface area contributed by atoms with Crippen LogP contribution in [0.25, 0.3) is 10.9 Å². The molecule has 5 aromatic rings. The number of anilines is 5. The van der Waals surface area contributed by atoms with Crippen LogP contribution in [0.3, 0.4) is 0 Å². The molecular formula is C33H31N5O3. The van der Waals surface area contributed by atoms with E-state index in [4.69, 9.17) is 0 Å². The minimum atomic E-state index is -0.213. The lowest BCUT2D eigenvalue weighted by Gasteiger charge is -2.31. The fraction of sp³-hybridized carbons (Fsp3) is 0.152. The van der Waals surface area contributed by atoms with Crippen molar-refractivity contribution in [3.05, 3.63) is 114 Å². The van der Waals surface area contributed by atoms with Gasteiger partial charge in [0.2, 0.25) is 0 Å². The number of amides is 2. The Bertz CT molecular complexity index is 1650. The maximum Gasteiger partial charge on any atom is 0.257 e. The molecule has 2 amide bonds. The van der Waals surface area contributed by atoms with Crippen LogP contribution in [0, 0.1) is 0 Å². The van der Waals surface area contributed by atoms with Crippen molar-refractivity contribution in [2.24, 2.45) is 0 Å². The van der Waals surface area contributed by atoms with Gasteiger partial charge >= 0.3 is 0 Å². The molecule has 0 aliphatic carbocycles. The standard InChI is InChI=1S/C33H31N5O3/c39-28-17-19-38(20-18-28)27-15-5-22(6-16-27)32(40)36-25-11-7-23(8-12-25)35-24-9-13-26(14-10-24)37-33(41)30-21-34-31-4-2-1-3-29(30)31/h1-16,21,28,34-35,39H,17-20H2,(H,36,40)(H,37,41). The molecule has 6 rings (SSSR count). The van der Waals surface area contributed by atoms with Gasteiger partial charge in [-0.3, -0.25) is 9.59 Å². The van der Waals surface area contributed by atoms with Gasteiger partial charge in [0.05, 0.1) is 11.7 Å². The summed E-state index contributed by atoms with van der Waals surface area (Å²) in [6.07, 6.45) is 3.04. The highest BCUT2D eigenvalue weighted by molar-refractivity contribution is 6.12. The summed E-state index contributed by atoms with van der Waals surface area (Å²) in [4.78, 5) is 30.9. The van der Waals surface area contributed by atoms with Crippen LogP contribution >= 0.6 is 0 Å². The smallest absolute Gasteiger partial charge is 0.257 e. The molecule has 1 aliphatic rings. The largest absolute Gasteiger partial charge is 0.393 e. The van der Waals surface area contributed by atoms with Gasteiger partial charge in [-0.1, -0.05) is 18.2 Å². The number of nitrogens with one attached hydrogen (secondary N) is 4. The molecule has 0 bridgehead atoms. The van der Waals surface area contributed by atoms with Crippen molar-refractivity contribution in [1.29, 1.82) is 0 Å². The van der Waals surface area contributed by atoms with Crippen LogP contribution in [-0.2, 0) is 0 Å². The number of benzene rings is 4. The van der Waals surface area contributed by atoms with Crippen LogP contribution in [0.5, 0.6) is 0 Å². The van der Waals surface area contributed by atoms with Gasteiger partial charge in [0.25, 0.3) is 11.8 Å². The summed E-state index contributed by atoms with van der Waals surface area (Å²) in [7, 11) is 0. The molecule has 1 aliphatic heterocycles. The molecule has 2 heterocycles. The van der Waals surface area contributed by atoms with E-state index >= 15 is 0 Å². The van der Waals surface area contributed by atoms with Gasteiger partial charge in [-0.15, -0.1) is 0 Å². The third-order valence-electron chi connectivity index (χ3n) is 7.37. The molecule has 5 N–H and O–H groups in total. The van der Waals surface area contributed by atoms with E-state index in [1.165, 1.54) is 0 Å². The van der Waals surface area contributed by atoms with Gasteiger partial charge < -0.3 is 30.9 Å². The minimum absolute atomic E-state index is 0.167. The van der Waals surface area contributed by atoms with Crippen molar-refractivity contribution >= 4 is 51.2 Å². The lowest BCUT2D eigenvalue weighted by Crippen LogP contribution is -2.35. The zero-order valence-electron chi connectivity index (χ0n) is 22.4. The van der Waals surface area contributed by atoms with E-state index in [-0.39, 0.29) is 17.9 Å². The Morgan fingerprint density at radius 1 is 0.707 bits per heavy atom. The SMILES string of the molecule is O=C(Nc1ccc(Nc2ccc(NC(=O)c3c[nH]c4ccccc34)cc2)cc1)c1ccc(N2CCC(O)CC2)cc1. The maximum absolute atomic E-state index is 12.8. The zero-order valence-corrected chi connectivity index (χ0v) is 22.4. The molecule has 8 heteroatoms. The molecule has 0 unspecified atom stereocenters. The molecule has 1 aromatic heterocycles. The topological polar surface area (TPSA) is 109 Å². The number of carbonyl (C=O) groups excluding carboxylic acids is 2. The third kappa shape index (κ3) is 6.08. The summed E-state index contributed by atoms with van der Waals surface area (Å²) in [5, 5.41) is 19.8. The second kappa shape index (κ2) is 11.6. The lowest BCUT2D eigenvalue weighted by molar-refractivity contribution is 0.101. The summed E-state index contributed by atoms with van der Waals surface area (Å²) in [6.45, 7) is 1.64. The number of fused-ring (bicyclic) bond motifs is 1. The number of aliphatic hydroxyl groups is 1. The number of piperidine rings is 1.